The van der Waals surface area contributed by atoms with E-state index in [0.717, 1.165) is 6.54 Å². The van der Waals surface area contributed by atoms with Crippen molar-refractivity contribution >= 4 is 7.62 Å². The van der Waals surface area contributed by atoms with Gasteiger partial charge in [0.15, 0.2) is 0 Å². The van der Waals surface area contributed by atoms with E-state index in [9.17, 15) is 0 Å². The molecule has 0 aliphatic carbocycles. The maximum absolute atomic E-state index is 6.28. The number of rotatable bonds is 2. The van der Waals surface area contributed by atoms with Crippen LogP contribution in [0.4, 0.5) is 0 Å². The second-order valence-electron chi connectivity index (χ2n) is 5.59. The molecular formula is C17H17BNO. The molecule has 3 heteroatoms. The zero-order valence-corrected chi connectivity index (χ0v) is 11.4. The molecule has 0 aromatic heterocycles. The maximum Gasteiger partial charge on any atom is 0.400 e. The molecule has 2 aromatic rings. The normalized spacial score (nSPS) is 24.3. The van der Waals surface area contributed by atoms with Gasteiger partial charge in [-0.1, -0.05) is 60.7 Å². The summed E-state index contributed by atoms with van der Waals surface area (Å²) in [4.78, 5) is 2.36. The van der Waals surface area contributed by atoms with Gasteiger partial charge in [0.2, 0.25) is 0 Å². The van der Waals surface area contributed by atoms with Crippen LogP contribution < -0.4 is 0 Å². The Balaban J connectivity index is 1.90. The van der Waals surface area contributed by atoms with Crippen molar-refractivity contribution in [2.45, 2.75) is 24.5 Å². The Labute approximate surface area is 120 Å². The fourth-order valence-electron chi connectivity index (χ4n) is 3.64. The summed E-state index contributed by atoms with van der Waals surface area (Å²) in [5, 5.41) is 0. The molecule has 0 unspecified atom stereocenters. The van der Waals surface area contributed by atoms with Crippen LogP contribution in [0.15, 0.2) is 60.7 Å². The molecule has 99 valence electrons. The van der Waals surface area contributed by atoms with Gasteiger partial charge in [0, 0.05) is 6.04 Å². The molecule has 2 aromatic carbocycles. The molecule has 0 bridgehead atoms. The molecule has 2 heterocycles. The first-order valence-electron chi connectivity index (χ1n) is 7.29. The zero-order valence-electron chi connectivity index (χ0n) is 11.4. The molecule has 4 rings (SSSR count). The van der Waals surface area contributed by atoms with Crippen molar-refractivity contribution in [3.8, 4) is 0 Å². The molecule has 2 aliphatic rings. The molecule has 2 saturated heterocycles. The largest absolute Gasteiger partial charge is 0.409 e. The molecule has 0 N–H and O–H groups in total. The summed E-state index contributed by atoms with van der Waals surface area (Å²) in [5.41, 5.74) is 2.15. The smallest absolute Gasteiger partial charge is 0.400 e. The van der Waals surface area contributed by atoms with Crippen molar-refractivity contribution in [2.75, 3.05) is 6.54 Å². The SMILES string of the molecule is [B]1OC(c2ccccc2)(c2ccccc2)[C@@H]2CCCN12. The van der Waals surface area contributed by atoms with Crippen molar-refractivity contribution in [1.82, 2.24) is 4.81 Å². The lowest BCUT2D eigenvalue weighted by molar-refractivity contribution is 0.109. The van der Waals surface area contributed by atoms with E-state index in [1.165, 1.54) is 24.0 Å². The molecule has 1 atom stereocenters. The predicted molar refractivity (Wildman–Crippen MR) is 80.2 cm³/mol. The molecule has 2 aliphatic heterocycles. The van der Waals surface area contributed by atoms with E-state index in [-0.39, 0.29) is 5.60 Å². The van der Waals surface area contributed by atoms with Crippen molar-refractivity contribution in [2.24, 2.45) is 0 Å². The van der Waals surface area contributed by atoms with Crippen LogP contribution in [0.5, 0.6) is 0 Å². The van der Waals surface area contributed by atoms with Crippen LogP contribution in [0, 0.1) is 0 Å². The van der Waals surface area contributed by atoms with Crippen molar-refractivity contribution in [3.05, 3.63) is 71.8 Å². The fourth-order valence-corrected chi connectivity index (χ4v) is 3.64. The van der Waals surface area contributed by atoms with Gasteiger partial charge in [0.05, 0.1) is 0 Å². The molecule has 0 spiro atoms. The summed E-state index contributed by atoms with van der Waals surface area (Å²) in [6.45, 7) is 1.10. The van der Waals surface area contributed by atoms with Gasteiger partial charge >= 0.3 is 7.62 Å². The van der Waals surface area contributed by atoms with Crippen molar-refractivity contribution in [1.29, 1.82) is 0 Å². The van der Waals surface area contributed by atoms with Gasteiger partial charge in [0.25, 0.3) is 0 Å². The number of hydrogen-bond donors (Lipinski definition) is 0. The Morgan fingerprint density at radius 1 is 0.950 bits per heavy atom. The van der Waals surface area contributed by atoms with Gasteiger partial charge in [-0.2, -0.15) is 0 Å². The zero-order chi connectivity index (χ0) is 13.4. The minimum absolute atomic E-state index is 0.348. The van der Waals surface area contributed by atoms with E-state index < -0.39 is 0 Å². The fraction of sp³-hybridized carbons (Fsp3) is 0.294. The van der Waals surface area contributed by atoms with E-state index in [0.29, 0.717) is 6.04 Å². The second kappa shape index (κ2) is 4.76. The van der Waals surface area contributed by atoms with E-state index >= 15 is 0 Å². The van der Waals surface area contributed by atoms with Crippen LogP contribution in [-0.2, 0) is 10.3 Å². The van der Waals surface area contributed by atoms with E-state index in [1.807, 2.05) is 7.62 Å². The van der Waals surface area contributed by atoms with Gasteiger partial charge in [-0.25, -0.2) is 0 Å². The van der Waals surface area contributed by atoms with Gasteiger partial charge < -0.3 is 9.47 Å². The average molecular weight is 262 g/mol. The highest BCUT2D eigenvalue weighted by atomic mass is 16.5. The lowest BCUT2D eigenvalue weighted by Gasteiger charge is -2.36. The summed E-state index contributed by atoms with van der Waals surface area (Å²) in [7, 11) is 1.94. The Bertz CT molecular complexity index is 547. The third-order valence-corrected chi connectivity index (χ3v) is 4.54. The van der Waals surface area contributed by atoms with Crippen LogP contribution in [0.25, 0.3) is 0 Å². The number of hydrogen-bond acceptors (Lipinski definition) is 2. The van der Waals surface area contributed by atoms with Crippen LogP contribution in [0.3, 0.4) is 0 Å². The van der Waals surface area contributed by atoms with Crippen LogP contribution >= 0.6 is 0 Å². The summed E-state index contributed by atoms with van der Waals surface area (Å²) in [5.74, 6) is 0. The molecule has 2 fully saturated rings. The minimum atomic E-state index is -0.348. The summed E-state index contributed by atoms with van der Waals surface area (Å²) in [6, 6.07) is 21.7. The van der Waals surface area contributed by atoms with Crippen LogP contribution in [0.2, 0.25) is 0 Å². The maximum atomic E-state index is 6.28. The summed E-state index contributed by atoms with van der Waals surface area (Å²) >= 11 is 0. The van der Waals surface area contributed by atoms with Crippen LogP contribution in [-0.4, -0.2) is 25.0 Å². The lowest BCUT2D eigenvalue weighted by atomic mass is 9.79. The van der Waals surface area contributed by atoms with Gasteiger partial charge in [-0.15, -0.1) is 0 Å². The predicted octanol–water partition coefficient (Wildman–Crippen LogP) is 2.96. The molecule has 20 heavy (non-hydrogen) atoms. The van der Waals surface area contributed by atoms with Gasteiger partial charge in [-0.3, -0.25) is 0 Å². The lowest BCUT2D eigenvalue weighted by Crippen LogP contribution is -2.40. The van der Waals surface area contributed by atoms with E-state index in [2.05, 4.69) is 65.5 Å². The molecule has 2 nitrogen and oxygen atoms in total. The Hall–Kier alpha value is -1.58. The molecule has 1 radical (unpaired) electrons. The third kappa shape index (κ3) is 1.67. The minimum Gasteiger partial charge on any atom is -0.409 e. The van der Waals surface area contributed by atoms with Crippen molar-refractivity contribution in [3.63, 3.8) is 0 Å². The van der Waals surface area contributed by atoms with Crippen molar-refractivity contribution < 1.29 is 4.65 Å². The van der Waals surface area contributed by atoms with Gasteiger partial charge in [-0.05, 0) is 30.5 Å². The van der Waals surface area contributed by atoms with Gasteiger partial charge in [0.1, 0.15) is 5.60 Å². The first kappa shape index (κ1) is 12.2. The summed E-state index contributed by atoms with van der Waals surface area (Å²) < 4.78 is 6.28. The average Bonchev–Trinajstić information content (AvgIpc) is 3.11. The first-order valence-corrected chi connectivity index (χ1v) is 7.29. The Morgan fingerprint density at radius 3 is 2.15 bits per heavy atom. The first-order chi connectivity index (χ1) is 9.91. The number of nitrogens with zero attached hydrogens (tertiary/aromatic N) is 1. The highest BCUT2D eigenvalue weighted by molar-refractivity contribution is 6.25. The number of fused-ring (bicyclic) bond motifs is 1. The number of benzene rings is 2. The third-order valence-electron chi connectivity index (χ3n) is 4.54. The monoisotopic (exact) mass is 262 g/mol. The van der Waals surface area contributed by atoms with E-state index in [4.69, 9.17) is 4.65 Å². The standard InChI is InChI=1S/C17H17BNO/c1-3-8-14(9-4-1)17(15-10-5-2-6-11-15)16-12-7-13-19(16)18-20-17/h1-6,8-11,16H,7,12-13H2/t16-/m0/s1. The highest BCUT2D eigenvalue weighted by Crippen LogP contribution is 2.46. The van der Waals surface area contributed by atoms with Crippen LogP contribution in [0.1, 0.15) is 24.0 Å². The molecule has 0 saturated carbocycles. The second-order valence-corrected chi connectivity index (χ2v) is 5.59. The summed E-state index contributed by atoms with van der Waals surface area (Å²) in [6.07, 6.45) is 2.42. The topological polar surface area (TPSA) is 12.5 Å². The van der Waals surface area contributed by atoms with E-state index in [1.54, 1.807) is 0 Å². The quantitative estimate of drug-likeness (QED) is 0.771. The molecule has 0 amide bonds. The molecular weight excluding hydrogens is 245 g/mol. The Morgan fingerprint density at radius 2 is 1.55 bits per heavy atom. The Kier molecular flexibility index (Phi) is 2.90. The highest BCUT2D eigenvalue weighted by Gasteiger charge is 2.52.